The number of esters is 1. The van der Waals surface area contributed by atoms with Crippen molar-refractivity contribution in [3.05, 3.63) is 35.0 Å². The third-order valence-corrected chi connectivity index (χ3v) is 4.71. The summed E-state index contributed by atoms with van der Waals surface area (Å²) in [5.74, 6) is 0.295. The van der Waals surface area contributed by atoms with Crippen molar-refractivity contribution in [2.24, 2.45) is 10.7 Å². The van der Waals surface area contributed by atoms with E-state index in [0.717, 1.165) is 0 Å². The van der Waals surface area contributed by atoms with Crippen molar-refractivity contribution >= 4 is 28.8 Å². The fourth-order valence-corrected chi connectivity index (χ4v) is 3.29. The zero-order chi connectivity index (χ0) is 20.0. The van der Waals surface area contributed by atoms with Gasteiger partial charge in [-0.15, -0.1) is 0 Å². The number of methoxy groups -OCH3 is 2. The van der Waals surface area contributed by atoms with Crippen molar-refractivity contribution in [2.75, 3.05) is 26.6 Å². The van der Waals surface area contributed by atoms with E-state index in [9.17, 15) is 9.59 Å². The van der Waals surface area contributed by atoms with Gasteiger partial charge in [0.1, 0.15) is 17.5 Å². The van der Waals surface area contributed by atoms with Crippen LogP contribution in [0.15, 0.2) is 34.5 Å². The van der Waals surface area contributed by atoms with Crippen LogP contribution in [0.1, 0.15) is 25.5 Å². The van der Waals surface area contributed by atoms with Crippen LogP contribution in [0.5, 0.6) is 11.5 Å². The first kappa shape index (κ1) is 20.6. The number of thioether (sulfide) groups is 1. The van der Waals surface area contributed by atoms with E-state index < -0.39 is 17.9 Å². The third kappa shape index (κ3) is 4.94. The maximum Gasteiger partial charge on any atom is 0.338 e. The predicted molar refractivity (Wildman–Crippen MR) is 104 cm³/mol. The lowest BCUT2D eigenvalue weighted by atomic mass is 9.95. The Balaban J connectivity index is 2.51. The number of nitrogens with zero attached hydrogens (tertiary/aromatic N) is 1. The number of amides is 1. The Hall–Kier alpha value is -2.68. The lowest BCUT2D eigenvalue weighted by Crippen LogP contribution is -2.31. The standard InChI is InChI=1S/C18H23N3O5S/c1-5-26-17(23)15-10(2)20-18(27-9-14(19)22)21-16(15)12-7-6-11(24-3)8-13(12)25-4/h6-8,16H,5,9H2,1-4H3,(H2,19,22)(H,20,21)/t16-/m0/s1. The minimum Gasteiger partial charge on any atom is -0.497 e. The molecule has 0 radical (unpaired) electrons. The molecule has 1 atom stereocenters. The molecule has 1 aromatic rings. The summed E-state index contributed by atoms with van der Waals surface area (Å²) in [6.07, 6.45) is 0. The number of amidine groups is 1. The minimum absolute atomic E-state index is 0.0698. The number of aliphatic imine (C=N–C) groups is 1. The number of ether oxygens (including phenoxy) is 3. The molecule has 0 fully saturated rings. The van der Waals surface area contributed by atoms with Gasteiger partial charge in [-0.05, 0) is 26.0 Å². The highest BCUT2D eigenvalue weighted by molar-refractivity contribution is 8.14. The average Bonchev–Trinajstić information content (AvgIpc) is 2.65. The molecule has 146 valence electrons. The van der Waals surface area contributed by atoms with E-state index in [2.05, 4.69) is 10.3 Å². The molecule has 0 spiro atoms. The maximum atomic E-state index is 12.6. The van der Waals surface area contributed by atoms with Gasteiger partial charge >= 0.3 is 5.97 Å². The SMILES string of the molecule is CCOC(=O)C1=C(C)NC(SCC(N)=O)=N[C@H]1c1ccc(OC)cc1OC. The zero-order valence-electron chi connectivity index (χ0n) is 15.7. The predicted octanol–water partition coefficient (Wildman–Crippen LogP) is 1.76. The molecular formula is C18H23N3O5S. The van der Waals surface area contributed by atoms with Crippen molar-refractivity contribution in [1.29, 1.82) is 0 Å². The summed E-state index contributed by atoms with van der Waals surface area (Å²) in [5.41, 5.74) is 6.87. The summed E-state index contributed by atoms with van der Waals surface area (Å²) >= 11 is 1.17. The molecule has 0 saturated carbocycles. The average molecular weight is 393 g/mol. The summed E-state index contributed by atoms with van der Waals surface area (Å²) in [6.45, 7) is 3.74. The van der Waals surface area contributed by atoms with E-state index in [1.807, 2.05) is 0 Å². The highest BCUT2D eigenvalue weighted by Crippen LogP contribution is 2.39. The molecule has 2 rings (SSSR count). The van der Waals surface area contributed by atoms with Crippen LogP contribution in [-0.4, -0.2) is 43.6 Å². The van der Waals surface area contributed by atoms with E-state index in [4.69, 9.17) is 19.9 Å². The Kier molecular flexibility index (Phi) is 7.12. The van der Waals surface area contributed by atoms with Gasteiger partial charge in [-0.1, -0.05) is 11.8 Å². The Bertz CT molecular complexity index is 791. The molecular weight excluding hydrogens is 370 g/mol. The number of carbonyl (C=O) groups excluding carboxylic acids is 2. The van der Waals surface area contributed by atoms with Crippen LogP contribution in [-0.2, 0) is 14.3 Å². The number of benzene rings is 1. The third-order valence-electron chi connectivity index (χ3n) is 3.80. The van der Waals surface area contributed by atoms with E-state index in [0.29, 0.717) is 33.5 Å². The number of hydrogen-bond acceptors (Lipinski definition) is 8. The van der Waals surface area contributed by atoms with Crippen LogP contribution in [0.4, 0.5) is 0 Å². The van der Waals surface area contributed by atoms with Gasteiger partial charge in [0.25, 0.3) is 0 Å². The number of hydrogen-bond donors (Lipinski definition) is 2. The fourth-order valence-electron chi connectivity index (χ4n) is 2.60. The summed E-state index contributed by atoms with van der Waals surface area (Å²) in [6, 6.07) is 4.63. The fraction of sp³-hybridized carbons (Fsp3) is 0.389. The Morgan fingerprint density at radius 1 is 1.30 bits per heavy atom. The van der Waals surface area contributed by atoms with Gasteiger partial charge in [-0.3, -0.25) is 4.79 Å². The van der Waals surface area contributed by atoms with Crippen molar-refractivity contribution in [3.63, 3.8) is 0 Å². The maximum absolute atomic E-state index is 12.6. The van der Waals surface area contributed by atoms with Gasteiger partial charge in [0.2, 0.25) is 5.91 Å². The van der Waals surface area contributed by atoms with E-state index in [1.165, 1.54) is 18.9 Å². The van der Waals surface area contributed by atoms with Crippen LogP contribution < -0.4 is 20.5 Å². The Labute approximate surface area is 162 Å². The second kappa shape index (κ2) is 9.31. The quantitative estimate of drug-likeness (QED) is 0.679. The molecule has 0 saturated heterocycles. The largest absolute Gasteiger partial charge is 0.497 e. The molecule has 0 aliphatic carbocycles. The smallest absolute Gasteiger partial charge is 0.338 e. The molecule has 27 heavy (non-hydrogen) atoms. The molecule has 1 amide bonds. The summed E-state index contributed by atoms with van der Waals surface area (Å²) in [7, 11) is 3.09. The summed E-state index contributed by atoms with van der Waals surface area (Å²) in [4.78, 5) is 28.3. The number of nitrogens with two attached hydrogens (primary N) is 1. The normalized spacial score (nSPS) is 16.3. The van der Waals surface area contributed by atoms with Gasteiger partial charge in [-0.2, -0.15) is 0 Å². The number of allylic oxidation sites excluding steroid dienone is 1. The minimum atomic E-state index is -0.651. The van der Waals surface area contributed by atoms with E-state index in [-0.39, 0.29) is 12.4 Å². The summed E-state index contributed by atoms with van der Waals surface area (Å²) < 4.78 is 15.9. The van der Waals surface area contributed by atoms with Crippen molar-refractivity contribution in [1.82, 2.24) is 5.32 Å². The molecule has 9 heteroatoms. The second-order valence-corrected chi connectivity index (χ2v) is 6.55. The van der Waals surface area contributed by atoms with Gasteiger partial charge < -0.3 is 25.3 Å². The molecule has 1 heterocycles. The molecule has 1 aromatic carbocycles. The van der Waals surface area contributed by atoms with Gasteiger partial charge in [0, 0.05) is 17.3 Å². The first-order valence-electron chi connectivity index (χ1n) is 8.27. The molecule has 0 unspecified atom stereocenters. The lowest BCUT2D eigenvalue weighted by Gasteiger charge is -2.26. The molecule has 1 aliphatic heterocycles. The van der Waals surface area contributed by atoms with Crippen LogP contribution in [0, 0.1) is 0 Å². The molecule has 3 N–H and O–H groups in total. The van der Waals surface area contributed by atoms with E-state index >= 15 is 0 Å². The van der Waals surface area contributed by atoms with Crippen LogP contribution >= 0.6 is 11.8 Å². The molecule has 0 bridgehead atoms. The number of rotatable bonds is 7. The van der Waals surface area contributed by atoms with Crippen LogP contribution in [0.2, 0.25) is 0 Å². The van der Waals surface area contributed by atoms with Gasteiger partial charge in [0.15, 0.2) is 5.17 Å². The Morgan fingerprint density at radius 3 is 2.63 bits per heavy atom. The highest BCUT2D eigenvalue weighted by Gasteiger charge is 2.32. The van der Waals surface area contributed by atoms with Gasteiger partial charge in [-0.25, -0.2) is 9.79 Å². The lowest BCUT2D eigenvalue weighted by molar-refractivity contribution is -0.139. The zero-order valence-corrected chi connectivity index (χ0v) is 16.5. The van der Waals surface area contributed by atoms with E-state index in [1.54, 1.807) is 39.2 Å². The van der Waals surface area contributed by atoms with Crippen LogP contribution in [0.25, 0.3) is 0 Å². The van der Waals surface area contributed by atoms with Crippen molar-refractivity contribution in [3.8, 4) is 11.5 Å². The van der Waals surface area contributed by atoms with Crippen molar-refractivity contribution in [2.45, 2.75) is 19.9 Å². The van der Waals surface area contributed by atoms with Crippen molar-refractivity contribution < 1.29 is 23.8 Å². The summed E-state index contributed by atoms with van der Waals surface area (Å²) in [5, 5.41) is 3.53. The monoisotopic (exact) mass is 393 g/mol. The number of carbonyl (C=O) groups is 2. The highest BCUT2D eigenvalue weighted by atomic mass is 32.2. The first-order valence-corrected chi connectivity index (χ1v) is 9.25. The molecule has 1 aliphatic rings. The number of primary amides is 1. The second-order valence-electron chi connectivity index (χ2n) is 5.58. The number of nitrogens with one attached hydrogen (secondary N) is 1. The first-order chi connectivity index (χ1) is 12.9. The Morgan fingerprint density at radius 2 is 2.04 bits per heavy atom. The van der Waals surface area contributed by atoms with Crippen LogP contribution in [0.3, 0.4) is 0 Å². The van der Waals surface area contributed by atoms with Gasteiger partial charge in [0.05, 0.1) is 32.2 Å². The molecule has 0 aromatic heterocycles. The molecule has 8 nitrogen and oxygen atoms in total. The topological polar surface area (TPSA) is 112 Å².